The molecule has 8 heteroatoms. The highest BCUT2D eigenvalue weighted by Gasteiger charge is 2.27. The molecule has 1 aromatic rings. The molecule has 0 N–H and O–H groups in total. The first-order chi connectivity index (χ1) is 9.04. The molecule has 0 unspecified atom stereocenters. The van der Waals surface area contributed by atoms with Gasteiger partial charge >= 0.3 is 13.6 Å². The van der Waals surface area contributed by atoms with Gasteiger partial charge in [-0.05, 0) is 20.8 Å². The Morgan fingerprint density at radius 2 is 1.89 bits per heavy atom. The Hall–Kier alpha value is -1.17. The summed E-state index contributed by atoms with van der Waals surface area (Å²) in [5.74, 6) is -0.639. The lowest BCUT2D eigenvalue weighted by Crippen LogP contribution is -2.02. The van der Waals surface area contributed by atoms with E-state index in [-0.39, 0.29) is 31.7 Å². The SMILES string of the molecule is CCOC(=O)c1cc(CP(=O)(OCC)OCC)no1. The van der Waals surface area contributed by atoms with Crippen LogP contribution in [0.15, 0.2) is 10.6 Å². The molecule has 0 aromatic carbocycles. The summed E-state index contributed by atoms with van der Waals surface area (Å²) in [6.45, 7) is 5.90. The molecule has 1 rings (SSSR count). The molecule has 0 atom stereocenters. The van der Waals surface area contributed by atoms with Crippen molar-refractivity contribution in [1.82, 2.24) is 5.16 Å². The van der Waals surface area contributed by atoms with Gasteiger partial charge in [0.05, 0.1) is 31.7 Å². The Morgan fingerprint density at radius 1 is 1.26 bits per heavy atom. The summed E-state index contributed by atoms with van der Waals surface area (Å²) in [4.78, 5) is 11.4. The molecule has 7 nitrogen and oxygen atoms in total. The molecule has 0 saturated heterocycles. The lowest BCUT2D eigenvalue weighted by Gasteiger charge is -2.15. The van der Waals surface area contributed by atoms with Crippen LogP contribution in [0.3, 0.4) is 0 Å². The van der Waals surface area contributed by atoms with Crippen molar-refractivity contribution in [1.29, 1.82) is 0 Å². The van der Waals surface area contributed by atoms with E-state index in [4.69, 9.17) is 18.3 Å². The number of nitrogens with zero attached hydrogens (tertiary/aromatic N) is 1. The van der Waals surface area contributed by atoms with E-state index in [1.807, 2.05) is 0 Å². The number of rotatable bonds is 8. The summed E-state index contributed by atoms with van der Waals surface area (Å²) >= 11 is 0. The van der Waals surface area contributed by atoms with E-state index in [1.54, 1.807) is 20.8 Å². The molecule has 0 aliphatic carbocycles. The van der Waals surface area contributed by atoms with E-state index in [2.05, 4.69) is 5.16 Å². The zero-order valence-corrected chi connectivity index (χ0v) is 12.1. The number of ether oxygens (including phenoxy) is 1. The largest absolute Gasteiger partial charge is 0.460 e. The predicted octanol–water partition coefficient (Wildman–Crippen LogP) is 2.62. The minimum absolute atomic E-state index is 0.0311. The molecule has 1 aromatic heterocycles. The smallest absolute Gasteiger partial charge is 0.377 e. The predicted molar refractivity (Wildman–Crippen MR) is 67.0 cm³/mol. The maximum atomic E-state index is 12.2. The third-order valence-electron chi connectivity index (χ3n) is 2.04. The maximum absolute atomic E-state index is 12.2. The van der Waals surface area contributed by atoms with Gasteiger partial charge in [-0.2, -0.15) is 0 Å². The summed E-state index contributed by atoms with van der Waals surface area (Å²) in [5, 5.41) is 3.66. The fourth-order valence-corrected chi connectivity index (χ4v) is 2.99. The summed E-state index contributed by atoms with van der Waals surface area (Å²) in [6, 6.07) is 1.38. The van der Waals surface area contributed by atoms with Crippen molar-refractivity contribution in [2.45, 2.75) is 26.9 Å². The molecule has 0 saturated carbocycles. The van der Waals surface area contributed by atoms with Gasteiger partial charge in [-0.1, -0.05) is 5.16 Å². The molecule has 0 aliphatic rings. The third-order valence-corrected chi connectivity index (χ3v) is 4.06. The fraction of sp³-hybridized carbons (Fsp3) is 0.636. The molecule has 19 heavy (non-hydrogen) atoms. The number of carbonyl (C=O) groups excluding carboxylic acids is 1. The molecular weight excluding hydrogens is 273 g/mol. The van der Waals surface area contributed by atoms with Gasteiger partial charge in [0.15, 0.2) is 0 Å². The van der Waals surface area contributed by atoms with Crippen LogP contribution in [0, 0.1) is 0 Å². The monoisotopic (exact) mass is 291 g/mol. The Labute approximate surface area is 111 Å². The molecule has 0 fully saturated rings. The Kier molecular flexibility index (Phi) is 6.21. The van der Waals surface area contributed by atoms with E-state index >= 15 is 0 Å². The first kappa shape index (κ1) is 15.9. The van der Waals surface area contributed by atoms with Gasteiger partial charge in [0.1, 0.15) is 0 Å². The van der Waals surface area contributed by atoms with Crippen molar-refractivity contribution < 1.29 is 27.7 Å². The molecule has 0 spiro atoms. The number of carbonyl (C=O) groups is 1. The molecule has 0 amide bonds. The van der Waals surface area contributed by atoms with Crippen molar-refractivity contribution in [2.24, 2.45) is 0 Å². The van der Waals surface area contributed by atoms with Crippen LogP contribution in [0.2, 0.25) is 0 Å². The second-order valence-corrected chi connectivity index (χ2v) is 5.56. The number of hydrogen-bond acceptors (Lipinski definition) is 7. The minimum Gasteiger partial charge on any atom is -0.460 e. The summed E-state index contributed by atoms with van der Waals surface area (Å²) in [6.07, 6.45) is -0.0441. The zero-order valence-electron chi connectivity index (χ0n) is 11.2. The highest BCUT2D eigenvalue weighted by Crippen LogP contribution is 2.51. The van der Waals surface area contributed by atoms with Gasteiger partial charge in [-0.25, -0.2) is 4.79 Å². The third kappa shape index (κ3) is 4.78. The normalized spacial score (nSPS) is 11.5. The van der Waals surface area contributed by atoms with Crippen LogP contribution in [-0.4, -0.2) is 30.9 Å². The fourth-order valence-electron chi connectivity index (χ4n) is 1.41. The number of esters is 1. The Morgan fingerprint density at radius 3 is 2.42 bits per heavy atom. The average Bonchev–Trinajstić information content (AvgIpc) is 2.78. The topological polar surface area (TPSA) is 87.9 Å². The van der Waals surface area contributed by atoms with Gasteiger partial charge < -0.3 is 18.3 Å². The summed E-state index contributed by atoms with van der Waals surface area (Å²) in [7, 11) is -3.25. The minimum atomic E-state index is -3.25. The van der Waals surface area contributed by atoms with Crippen molar-refractivity contribution >= 4 is 13.6 Å². The van der Waals surface area contributed by atoms with E-state index in [0.29, 0.717) is 5.69 Å². The van der Waals surface area contributed by atoms with Crippen molar-refractivity contribution in [2.75, 3.05) is 19.8 Å². The summed E-state index contributed by atoms with van der Waals surface area (Å²) in [5.41, 5.74) is 0.327. The molecule has 108 valence electrons. The van der Waals surface area contributed by atoms with Crippen LogP contribution in [-0.2, 0) is 24.5 Å². The summed E-state index contributed by atoms with van der Waals surface area (Å²) < 4.78 is 32.1. The number of hydrogen-bond donors (Lipinski definition) is 0. The number of aromatic nitrogens is 1. The van der Waals surface area contributed by atoms with Crippen LogP contribution in [0.4, 0.5) is 0 Å². The van der Waals surface area contributed by atoms with Crippen molar-refractivity contribution in [3.05, 3.63) is 17.5 Å². The van der Waals surface area contributed by atoms with Crippen LogP contribution < -0.4 is 0 Å². The van der Waals surface area contributed by atoms with Gasteiger partial charge in [0.2, 0.25) is 5.76 Å². The zero-order chi connectivity index (χ0) is 14.3. The van der Waals surface area contributed by atoms with E-state index < -0.39 is 13.6 Å². The molecule has 0 bridgehead atoms. The Bertz CT molecular complexity index is 448. The second-order valence-electron chi connectivity index (χ2n) is 3.51. The van der Waals surface area contributed by atoms with Gasteiger partial charge in [-0.15, -0.1) is 0 Å². The maximum Gasteiger partial charge on any atom is 0.377 e. The van der Waals surface area contributed by atoms with Gasteiger partial charge in [0.25, 0.3) is 0 Å². The lowest BCUT2D eigenvalue weighted by atomic mass is 10.4. The first-order valence-corrected chi connectivity index (χ1v) is 7.78. The van der Waals surface area contributed by atoms with Gasteiger partial charge in [0, 0.05) is 6.07 Å². The van der Waals surface area contributed by atoms with Crippen molar-refractivity contribution in [3.8, 4) is 0 Å². The lowest BCUT2D eigenvalue weighted by molar-refractivity contribution is 0.0479. The van der Waals surface area contributed by atoms with Crippen LogP contribution in [0.25, 0.3) is 0 Å². The quantitative estimate of drug-likeness (QED) is 0.537. The second kappa shape index (κ2) is 7.43. The first-order valence-electron chi connectivity index (χ1n) is 6.05. The molecule has 0 radical (unpaired) electrons. The van der Waals surface area contributed by atoms with Crippen molar-refractivity contribution in [3.63, 3.8) is 0 Å². The van der Waals surface area contributed by atoms with E-state index in [0.717, 1.165) is 0 Å². The van der Waals surface area contributed by atoms with Crippen LogP contribution >= 0.6 is 7.60 Å². The molecular formula is C11H18NO6P. The molecule has 1 heterocycles. The van der Waals surface area contributed by atoms with Gasteiger partial charge in [-0.3, -0.25) is 4.57 Å². The highest BCUT2D eigenvalue weighted by molar-refractivity contribution is 7.53. The van der Waals surface area contributed by atoms with E-state index in [9.17, 15) is 9.36 Å². The average molecular weight is 291 g/mol. The molecule has 0 aliphatic heterocycles. The van der Waals surface area contributed by atoms with Crippen LogP contribution in [0.1, 0.15) is 37.0 Å². The van der Waals surface area contributed by atoms with E-state index in [1.165, 1.54) is 6.07 Å². The highest BCUT2D eigenvalue weighted by atomic mass is 31.2. The van der Waals surface area contributed by atoms with Crippen LogP contribution in [0.5, 0.6) is 0 Å². The standard InChI is InChI=1S/C11H18NO6P/c1-4-15-11(13)10-7-9(12-18-10)8-19(14,16-5-2)17-6-3/h7H,4-6,8H2,1-3H3. The Balaban J connectivity index is 2.75.